The zero-order valence-corrected chi connectivity index (χ0v) is 17.8. The van der Waals surface area contributed by atoms with Crippen molar-refractivity contribution in [2.45, 2.75) is 25.8 Å². The van der Waals surface area contributed by atoms with E-state index in [0.29, 0.717) is 36.6 Å². The molecule has 2 aromatic carbocycles. The van der Waals surface area contributed by atoms with Crippen molar-refractivity contribution in [1.82, 2.24) is 10.2 Å². The molecule has 3 rings (SSSR count). The molecule has 2 atom stereocenters. The van der Waals surface area contributed by atoms with E-state index >= 15 is 0 Å². The van der Waals surface area contributed by atoms with Crippen molar-refractivity contribution in [2.24, 2.45) is 5.92 Å². The molecule has 2 unspecified atom stereocenters. The van der Waals surface area contributed by atoms with Crippen LogP contribution in [0.1, 0.15) is 30.5 Å². The van der Waals surface area contributed by atoms with Gasteiger partial charge in [0.15, 0.2) is 23.1 Å². The van der Waals surface area contributed by atoms with Crippen LogP contribution in [0, 0.1) is 17.6 Å². The van der Waals surface area contributed by atoms with Crippen molar-refractivity contribution in [3.05, 3.63) is 59.2 Å². The van der Waals surface area contributed by atoms with Crippen LogP contribution in [0.5, 0.6) is 11.5 Å². The zero-order valence-electron chi connectivity index (χ0n) is 17.8. The summed E-state index contributed by atoms with van der Waals surface area (Å²) in [6.45, 7) is 2.50. The Morgan fingerprint density at radius 3 is 2.55 bits per heavy atom. The Bertz CT molecular complexity index is 967. The van der Waals surface area contributed by atoms with E-state index in [2.05, 4.69) is 5.32 Å². The monoisotopic (exact) mass is 432 g/mol. The van der Waals surface area contributed by atoms with Crippen LogP contribution in [-0.4, -0.2) is 44.0 Å². The van der Waals surface area contributed by atoms with Crippen molar-refractivity contribution in [2.75, 3.05) is 27.3 Å². The summed E-state index contributed by atoms with van der Waals surface area (Å²) in [5, 5.41) is 2.79. The lowest BCUT2D eigenvalue weighted by atomic mass is 10.0. The van der Waals surface area contributed by atoms with Crippen molar-refractivity contribution in [3.63, 3.8) is 0 Å². The van der Waals surface area contributed by atoms with Crippen LogP contribution in [0.25, 0.3) is 0 Å². The third kappa shape index (κ3) is 5.31. The molecule has 1 aliphatic heterocycles. The first-order valence-corrected chi connectivity index (χ1v) is 10.1. The second-order valence-electron chi connectivity index (χ2n) is 7.58. The molecular formula is C23H26F2N2O4. The number of benzene rings is 2. The quantitative estimate of drug-likeness (QED) is 0.696. The fraction of sp³-hybridized carbons (Fsp3) is 0.391. The number of amides is 2. The maximum absolute atomic E-state index is 13.4. The van der Waals surface area contributed by atoms with E-state index in [1.807, 2.05) is 18.2 Å². The van der Waals surface area contributed by atoms with Gasteiger partial charge in [0.1, 0.15) is 0 Å². The maximum Gasteiger partial charge on any atom is 0.225 e. The molecule has 1 fully saturated rings. The molecule has 0 bridgehead atoms. The van der Waals surface area contributed by atoms with Crippen molar-refractivity contribution < 1.29 is 27.8 Å². The largest absolute Gasteiger partial charge is 0.493 e. The van der Waals surface area contributed by atoms with Gasteiger partial charge >= 0.3 is 0 Å². The Morgan fingerprint density at radius 2 is 1.87 bits per heavy atom. The minimum absolute atomic E-state index is 0.0823. The summed E-state index contributed by atoms with van der Waals surface area (Å²) in [7, 11) is 3.13. The van der Waals surface area contributed by atoms with Gasteiger partial charge < -0.3 is 19.7 Å². The molecule has 2 aromatic rings. The van der Waals surface area contributed by atoms with Crippen LogP contribution < -0.4 is 14.8 Å². The molecular weight excluding hydrogens is 406 g/mol. The lowest BCUT2D eigenvalue weighted by Gasteiger charge is -2.19. The highest BCUT2D eigenvalue weighted by Gasteiger charge is 2.34. The highest BCUT2D eigenvalue weighted by Crippen LogP contribution is 2.28. The standard InChI is InChI=1S/C23H26F2N2O4/c1-14(16-5-6-18(24)19(25)11-16)26-23(29)17-12-22(28)27(13-17)9-8-15-4-7-20(30-2)21(10-15)31-3/h4-7,10-11,14,17H,8-9,12-13H2,1-3H3,(H,26,29). The van der Waals surface area contributed by atoms with E-state index in [4.69, 9.17) is 9.47 Å². The number of nitrogens with zero attached hydrogens (tertiary/aromatic N) is 1. The number of carbonyl (C=O) groups is 2. The molecule has 0 radical (unpaired) electrons. The molecule has 0 spiro atoms. The number of nitrogens with one attached hydrogen (secondary N) is 1. The first-order valence-electron chi connectivity index (χ1n) is 10.1. The first kappa shape index (κ1) is 22.5. The van der Waals surface area contributed by atoms with Gasteiger partial charge in [-0.1, -0.05) is 12.1 Å². The number of carbonyl (C=O) groups excluding carboxylic acids is 2. The van der Waals surface area contributed by atoms with Crippen LogP contribution in [-0.2, 0) is 16.0 Å². The van der Waals surface area contributed by atoms with Crippen LogP contribution >= 0.6 is 0 Å². The van der Waals surface area contributed by atoms with E-state index < -0.39 is 23.6 Å². The molecule has 8 heteroatoms. The number of methoxy groups -OCH3 is 2. The zero-order chi connectivity index (χ0) is 22.5. The molecule has 0 aliphatic carbocycles. The van der Waals surface area contributed by atoms with Gasteiger partial charge in [-0.2, -0.15) is 0 Å². The molecule has 1 aliphatic rings. The Morgan fingerprint density at radius 1 is 1.13 bits per heavy atom. The van der Waals surface area contributed by atoms with E-state index in [9.17, 15) is 18.4 Å². The van der Waals surface area contributed by atoms with Gasteiger partial charge in [0.2, 0.25) is 11.8 Å². The Kier molecular flexibility index (Phi) is 7.09. The fourth-order valence-corrected chi connectivity index (χ4v) is 3.66. The third-order valence-corrected chi connectivity index (χ3v) is 5.51. The average molecular weight is 432 g/mol. The van der Waals surface area contributed by atoms with Gasteiger partial charge in [-0.15, -0.1) is 0 Å². The van der Waals surface area contributed by atoms with E-state index in [0.717, 1.165) is 17.7 Å². The van der Waals surface area contributed by atoms with Gasteiger partial charge in [0.05, 0.1) is 26.2 Å². The highest BCUT2D eigenvalue weighted by molar-refractivity contribution is 5.89. The summed E-state index contributed by atoms with van der Waals surface area (Å²) in [5.74, 6) is -1.48. The normalized spacial score (nSPS) is 16.9. The van der Waals surface area contributed by atoms with Crippen LogP contribution in [0.2, 0.25) is 0 Å². The minimum atomic E-state index is -0.962. The summed E-state index contributed by atoms with van der Waals surface area (Å²) >= 11 is 0. The van der Waals surface area contributed by atoms with Crippen LogP contribution in [0.15, 0.2) is 36.4 Å². The Hall–Kier alpha value is -3.16. The summed E-state index contributed by atoms with van der Waals surface area (Å²) in [4.78, 5) is 26.7. The smallest absolute Gasteiger partial charge is 0.225 e. The number of likely N-dealkylation sites (tertiary alicyclic amines) is 1. The minimum Gasteiger partial charge on any atom is -0.493 e. The van der Waals surface area contributed by atoms with Gasteiger partial charge in [0.25, 0.3) is 0 Å². The summed E-state index contributed by atoms with van der Waals surface area (Å²) in [6, 6.07) is 8.62. The van der Waals surface area contributed by atoms with Crippen molar-refractivity contribution in [1.29, 1.82) is 0 Å². The number of halogens is 2. The lowest BCUT2D eigenvalue weighted by Crippen LogP contribution is -2.35. The second kappa shape index (κ2) is 9.76. The number of rotatable bonds is 8. The summed E-state index contributed by atoms with van der Waals surface area (Å²) < 4.78 is 37.1. The predicted molar refractivity (Wildman–Crippen MR) is 111 cm³/mol. The molecule has 1 saturated heterocycles. The molecule has 166 valence electrons. The van der Waals surface area contributed by atoms with Crippen LogP contribution in [0.4, 0.5) is 8.78 Å². The number of ether oxygens (including phenoxy) is 2. The molecule has 31 heavy (non-hydrogen) atoms. The lowest BCUT2D eigenvalue weighted by molar-refractivity contribution is -0.129. The van der Waals surface area contributed by atoms with E-state index in [-0.39, 0.29) is 18.2 Å². The predicted octanol–water partition coefficient (Wildman–Crippen LogP) is 3.25. The molecule has 0 saturated carbocycles. The second-order valence-corrected chi connectivity index (χ2v) is 7.58. The molecule has 2 amide bonds. The van der Waals surface area contributed by atoms with E-state index in [1.54, 1.807) is 26.0 Å². The Balaban J connectivity index is 1.55. The van der Waals surface area contributed by atoms with E-state index in [1.165, 1.54) is 6.07 Å². The fourth-order valence-electron chi connectivity index (χ4n) is 3.66. The Labute approximate surface area is 180 Å². The summed E-state index contributed by atoms with van der Waals surface area (Å²) in [6.07, 6.45) is 0.744. The van der Waals surface area contributed by atoms with Crippen molar-refractivity contribution >= 4 is 11.8 Å². The topological polar surface area (TPSA) is 67.9 Å². The molecule has 1 N–H and O–H groups in total. The van der Waals surface area contributed by atoms with Gasteiger partial charge in [-0.05, 0) is 48.7 Å². The van der Waals surface area contributed by atoms with Gasteiger partial charge in [-0.3, -0.25) is 9.59 Å². The molecule has 0 aromatic heterocycles. The first-order chi connectivity index (χ1) is 14.8. The number of hydrogen-bond donors (Lipinski definition) is 1. The summed E-state index contributed by atoms with van der Waals surface area (Å²) in [5.41, 5.74) is 1.45. The third-order valence-electron chi connectivity index (χ3n) is 5.51. The van der Waals surface area contributed by atoms with Gasteiger partial charge in [0, 0.05) is 19.5 Å². The van der Waals surface area contributed by atoms with Crippen LogP contribution in [0.3, 0.4) is 0 Å². The highest BCUT2D eigenvalue weighted by atomic mass is 19.2. The SMILES string of the molecule is COc1ccc(CCN2CC(C(=O)NC(C)c3ccc(F)c(F)c3)CC2=O)cc1OC. The molecule has 6 nitrogen and oxygen atoms in total. The average Bonchev–Trinajstić information content (AvgIpc) is 3.14. The maximum atomic E-state index is 13.4. The molecule has 1 heterocycles. The van der Waals surface area contributed by atoms with Crippen molar-refractivity contribution in [3.8, 4) is 11.5 Å². The van der Waals surface area contributed by atoms with Gasteiger partial charge in [-0.25, -0.2) is 8.78 Å². The number of hydrogen-bond acceptors (Lipinski definition) is 4.